The summed E-state index contributed by atoms with van der Waals surface area (Å²) in [5, 5.41) is 8.58. The van der Waals surface area contributed by atoms with Gasteiger partial charge in [-0.3, -0.25) is 4.90 Å². The van der Waals surface area contributed by atoms with Gasteiger partial charge in [-0.1, -0.05) is 5.21 Å². The Kier molecular flexibility index (Phi) is 5.11. The molecule has 2 aromatic rings. The molecule has 0 bridgehead atoms. The molecule has 1 fully saturated rings. The molecule has 0 saturated carbocycles. The Labute approximate surface area is 143 Å². The maximum Gasteiger partial charge on any atom is 0.128 e. The summed E-state index contributed by atoms with van der Waals surface area (Å²) in [6.07, 6.45) is 4.40. The molecule has 0 amide bonds. The van der Waals surface area contributed by atoms with Crippen LogP contribution in [0, 0.1) is 0 Å². The van der Waals surface area contributed by atoms with E-state index >= 15 is 0 Å². The standard InChI is InChI=1S/C17H26N6O/c1-13-8-22(9-14(2)24-13)11-16-12-23(20-19-16)10-15-5-6-18-17(7-15)21(3)4/h5-7,12-14H,8-11H2,1-4H3/t13-,14+. The Morgan fingerprint density at radius 1 is 1.21 bits per heavy atom. The van der Waals surface area contributed by atoms with E-state index in [1.807, 2.05) is 42.1 Å². The summed E-state index contributed by atoms with van der Waals surface area (Å²) in [4.78, 5) is 8.72. The van der Waals surface area contributed by atoms with Crippen molar-refractivity contribution in [2.24, 2.45) is 0 Å². The van der Waals surface area contributed by atoms with Gasteiger partial charge in [0.1, 0.15) is 5.82 Å². The van der Waals surface area contributed by atoms with E-state index in [1.54, 1.807) is 0 Å². The highest BCUT2D eigenvalue weighted by atomic mass is 16.5. The van der Waals surface area contributed by atoms with E-state index in [-0.39, 0.29) is 12.2 Å². The van der Waals surface area contributed by atoms with Gasteiger partial charge in [-0.25, -0.2) is 9.67 Å². The predicted molar refractivity (Wildman–Crippen MR) is 93.0 cm³/mol. The number of pyridine rings is 1. The molecule has 7 nitrogen and oxygen atoms in total. The molecule has 0 spiro atoms. The Hall–Kier alpha value is -1.99. The summed E-state index contributed by atoms with van der Waals surface area (Å²) in [5.74, 6) is 0.948. The van der Waals surface area contributed by atoms with Gasteiger partial charge in [0, 0.05) is 39.9 Å². The minimum absolute atomic E-state index is 0.269. The molecule has 130 valence electrons. The monoisotopic (exact) mass is 330 g/mol. The van der Waals surface area contributed by atoms with Crippen LogP contribution in [0.5, 0.6) is 0 Å². The van der Waals surface area contributed by atoms with Gasteiger partial charge >= 0.3 is 0 Å². The Bertz CT molecular complexity index is 661. The van der Waals surface area contributed by atoms with Gasteiger partial charge in [-0.2, -0.15) is 0 Å². The molecule has 0 aliphatic carbocycles. The molecule has 1 aliphatic heterocycles. The fourth-order valence-electron chi connectivity index (χ4n) is 3.12. The number of ether oxygens (including phenoxy) is 1. The number of rotatable bonds is 5. The maximum atomic E-state index is 5.78. The third kappa shape index (κ3) is 4.30. The summed E-state index contributed by atoms with van der Waals surface area (Å²) < 4.78 is 7.66. The van der Waals surface area contributed by atoms with Crippen LogP contribution in [0.2, 0.25) is 0 Å². The molecular weight excluding hydrogens is 304 g/mol. The number of aromatic nitrogens is 4. The van der Waals surface area contributed by atoms with E-state index in [0.29, 0.717) is 6.54 Å². The highest BCUT2D eigenvalue weighted by Gasteiger charge is 2.22. The number of morpholine rings is 1. The van der Waals surface area contributed by atoms with Crippen molar-refractivity contribution >= 4 is 5.82 Å². The van der Waals surface area contributed by atoms with Crippen LogP contribution in [0.4, 0.5) is 5.82 Å². The molecule has 1 saturated heterocycles. The van der Waals surface area contributed by atoms with Crippen LogP contribution in [0.1, 0.15) is 25.1 Å². The summed E-state index contributed by atoms with van der Waals surface area (Å²) >= 11 is 0. The second-order valence-corrected chi connectivity index (χ2v) is 6.78. The number of hydrogen-bond donors (Lipinski definition) is 0. The first-order valence-electron chi connectivity index (χ1n) is 8.38. The fraction of sp³-hybridized carbons (Fsp3) is 0.588. The zero-order valence-corrected chi connectivity index (χ0v) is 14.9. The minimum Gasteiger partial charge on any atom is -0.373 e. The van der Waals surface area contributed by atoms with E-state index in [1.165, 1.54) is 5.56 Å². The topological polar surface area (TPSA) is 59.3 Å². The maximum absolute atomic E-state index is 5.78. The first-order valence-corrected chi connectivity index (χ1v) is 8.38. The first-order chi connectivity index (χ1) is 11.5. The van der Waals surface area contributed by atoms with Crippen molar-refractivity contribution in [1.29, 1.82) is 0 Å². The summed E-state index contributed by atoms with van der Waals surface area (Å²) in [7, 11) is 3.98. The lowest BCUT2D eigenvalue weighted by Crippen LogP contribution is -2.44. The van der Waals surface area contributed by atoms with E-state index in [0.717, 1.165) is 31.1 Å². The van der Waals surface area contributed by atoms with E-state index in [4.69, 9.17) is 4.74 Å². The molecule has 0 N–H and O–H groups in total. The highest BCUT2D eigenvalue weighted by molar-refractivity contribution is 5.39. The molecule has 3 rings (SSSR count). The quantitative estimate of drug-likeness (QED) is 0.826. The molecule has 2 aromatic heterocycles. The van der Waals surface area contributed by atoms with Crippen molar-refractivity contribution in [2.75, 3.05) is 32.1 Å². The Balaban J connectivity index is 1.62. The molecular formula is C17H26N6O. The summed E-state index contributed by atoms with van der Waals surface area (Å²) in [5.41, 5.74) is 2.16. The molecule has 2 atom stereocenters. The molecule has 0 unspecified atom stereocenters. The lowest BCUT2D eigenvalue weighted by molar-refractivity contribution is -0.0707. The van der Waals surface area contributed by atoms with Crippen molar-refractivity contribution in [3.05, 3.63) is 35.8 Å². The third-order valence-corrected chi connectivity index (χ3v) is 4.08. The normalized spacial score (nSPS) is 21.8. The van der Waals surface area contributed by atoms with Gasteiger partial charge in [0.25, 0.3) is 0 Å². The number of nitrogens with zero attached hydrogens (tertiary/aromatic N) is 6. The Morgan fingerprint density at radius 3 is 2.67 bits per heavy atom. The molecule has 7 heteroatoms. The Morgan fingerprint density at radius 2 is 1.96 bits per heavy atom. The van der Waals surface area contributed by atoms with Crippen LogP contribution >= 0.6 is 0 Å². The zero-order chi connectivity index (χ0) is 17.1. The highest BCUT2D eigenvalue weighted by Crippen LogP contribution is 2.14. The van der Waals surface area contributed by atoms with Gasteiger partial charge in [-0.05, 0) is 31.5 Å². The van der Waals surface area contributed by atoms with Crippen molar-refractivity contribution in [1.82, 2.24) is 24.9 Å². The predicted octanol–water partition coefficient (Wildman–Crippen LogP) is 1.40. The van der Waals surface area contributed by atoms with Gasteiger partial charge in [0.2, 0.25) is 0 Å². The SMILES string of the molecule is C[C@@H]1CN(Cc2cn(Cc3ccnc(N(C)C)c3)nn2)C[C@H](C)O1. The fourth-order valence-corrected chi connectivity index (χ4v) is 3.12. The second-order valence-electron chi connectivity index (χ2n) is 6.78. The van der Waals surface area contributed by atoms with Crippen molar-refractivity contribution < 1.29 is 4.74 Å². The molecule has 3 heterocycles. The summed E-state index contributed by atoms with van der Waals surface area (Å²) in [6, 6.07) is 4.09. The number of anilines is 1. The lowest BCUT2D eigenvalue weighted by Gasteiger charge is -2.34. The smallest absolute Gasteiger partial charge is 0.128 e. The molecule has 0 radical (unpaired) electrons. The average molecular weight is 330 g/mol. The summed E-state index contributed by atoms with van der Waals surface area (Å²) in [6.45, 7) is 7.63. The van der Waals surface area contributed by atoms with E-state index < -0.39 is 0 Å². The van der Waals surface area contributed by atoms with Gasteiger partial charge in [0.05, 0.1) is 30.6 Å². The van der Waals surface area contributed by atoms with Gasteiger partial charge in [0.15, 0.2) is 0 Å². The van der Waals surface area contributed by atoms with Crippen LogP contribution in [-0.4, -0.2) is 64.3 Å². The van der Waals surface area contributed by atoms with Crippen molar-refractivity contribution in [3.63, 3.8) is 0 Å². The van der Waals surface area contributed by atoms with Gasteiger partial charge in [-0.15, -0.1) is 5.10 Å². The van der Waals surface area contributed by atoms with Crippen LogP contribution in [0.25, 0.3) is 0 Å². The van der Waals surface area contributed by atoms with Crippen LogP contribution < -0.4 is 4.90 Å². The average Bonchev–Trinajstić information content (AvgIpc) is 2.93. The van der Waals surface area contributed by atoms with Crippen LogP contribution in [0.15, 0.2) is 24.5 Å². The third-order valence-electron chi connectivity index (χ3n) is 4.08. The molecule has 24 heavy (non-hydrogen) atoms. The van der Waals surface area contributed by atoms with Crippen LogP contribution in [-0.2, 0) is 17.8 Å². The van der Waals surface area contributed by atoms with Crippen molar-refractivity contribution in [3.8, 4) is 0 Å². The minimum atomic E-state index is 0.269. The van der Waals surface area contributed by atoms with Crippen molar-refractivity contribution in [2.45, 2.75) is 39.1 Å². The first kappa shape index (κ1) is 16.9. The largest absolute Gasteiger partial charge is 0.373 e. The van der Waals surface area contributed by atoms with E-state index in [2.05, 4.69) is 40.1 Å². The zero-order valence-electron chi connectivity index (χ0n) is 14.9. The number of hydrogen-bond acceptors (Lipinski definition) is 6. The van der Waals surface area contributed by atoms with Crippen LogP contribution in [0.3, 0.4) is 0 Å². The second kappa shape index (κ2) is 7.27. The van der Waals surface area contributed by atoms with Gasteiger partial charge < -0.3 is 9.64 Å². The molecule has 1 aliphatic rings. The van der Waals surface area contributed by atoms with E-state index in [9.17, 15) is 0 Å². The lowest BCUT2D eigenvalue weighted by atomic mass is 10.2. The molecule has 0 aromatic carbocycles.